The van der Waals surface area contributed by atoms with Crippen molar-refractivity contribution in [2.24, 2.45) is 10.3 Å². The molecule has 0 saturated carbocycles. The molecule has 2 aliphatic heterocycles. The number of methoxy groups -OCH3 is 1. The van der Waals surface area contributed by atoms with Gasteiger partial charge in [-0.15, -0.1) is 0 Å². The fourth-order valence-electron chi connectivity index (χ4n) is 3.64. The van der Waals surface area contributed by atoms with Crippen LogP contribution in [0.2, 0.25) is 0 Å². The number of ether oxygens (including phenoxy) is 1. The monoisotopic (exact) mass is 421 g/mol. The lowest BCUT2D eigenvalue weighted by Crippen LogP contribution is -2.43. The second-order valence-electron chi connectivity index (χ2n) is 7.73. The van der Waals surface area contributed by atoms with Crippen LogP contribution >= 0.6 is 0 Å². The van der Waals surface area contributed by atoms with Gasteiger partial charge < -0.3 is 10.1 Å². The van der Waals surface area contributed by atoms with Gasteiger partial charge in [-0.2, -0.15) is 5.11 Å². The Morgan fingerprint density at radius 2 is 1.74 bits per heavy atom. The average Bonchev–Trinajstić information content (AvgIpc) is 3.28. The molecule has 0 aromatic heterocycles. The van der Waals surface area contributed by atoms with Gasteiger partial charge >= 0.3 is 0 Å². The fraction of sp³-hybridized carbons (Fsp3) is 0.318. The van der Waals surface area contributed by atoms with Crippen LogP contribution in [0.5, 0.6) is 5.75 Å². The van der Waals surface area contributed by atoms with Crippen molar-refractivity contribution in [2.75, 3.05) is 23.9 Å². The molecule has 2 aromatic rings. The van der Waals surface area contributed by atoms with Crippen molar-refractivity contribution in [3.8, 4) is 5.75 Å². The SMILES string of the molecule is COc1ccc(NC(=O)CN2N=NC3C(=O)N(c4ccc(C(C)C)cc4)C(=O)C32)cc1. The summed E-state index contributed by atoms with van der Waals surface area (Å²) in [6.07, 6.45) is 0. The van der Waals surface area contributed by atoms with E-state index in [1.54, 1.807) is 43.5 Å². The van der Waals surface area contributed by atoms with Crippen molar-refractivity contribution in [1.29, 1.82) is 0 Å². The summed E-state index contributed by atoms with van der Waals surface area (Å²) in [4.78, 5) is 39.4. The first-order chi connectivity index (χ1) is 14.9. The van der Waals surface area contributed by atoms with Crippen LogP contribution in [0.1, 0.15) is 25.3 Å². The number of fused-ring (bicyclic) bond motifs is 1. The van der Waals surface area contributed by atoms with E-state index < -0.39 is 23.9 Å². The van der Waals surface area contributed by atoms with Gasteiger partial charge in [0.15, 0.2) is 12.1 Å². The van der Waals surface area contributed by atoms with Gasteiger partial charge in [-0.1, -0.05) is 31.2 Å². The van der Waals surface area contributed by atoms with Crippen LogP contribution in [0.15, 0.2) is 58.9 Å². The fourth-order valence-corrected chi connectivity index (χ4v) is 3.64. The molecule has 2 aliphatic rings. The zero-order valence-electron chi connectivity index (χ0n) is 17.5. The Balaban J connectivity index is 1.45. The predicted molar refractivity (Wildman–Crippen MR) is 114 cm³/mol. The summed E-state index contributed by atoms with van der Waals surface area (Å²) in [5, 5.41) is 11.9. The summed E-state index contributed by atoms with van der Waals surface area (Å²) in [5.74, 6) is -0.230. The van der Waals surface area contributed by atoms with E-state index in [0.717, 1.165) is 10.5 Å². The highest BCUT2D eigenvalue weighted by Gasteiger charge is 2.55. The summed E-state index contributed by atoms with van der Waals surface area (Å²) < 4.78 is 5.09. The van der Waals surface area contributed by atoms with Gasteiger partial charge in [-0.05, 0) is 47.9 Å². The Kier molecular flexibility index (Phi) is 5.41. The van der Waals surface area contributed by atoms with E-state index in [9.17, 15) is 14.4 Å². The molecule has 31 heavy (non-hydrogen) atoms. The number of nitrogens with zero attached hydrogens (tertiary/aromatic N) is 4. The Morgan fingerprint density at radius 1 is 1.06 bits per heavy atom. The van der Waals surface area contributed by atoms with Crippen LogP contribution < -0.4 is 15.0 Å². The van der Waals surface area contributed by atoms with E-state index in [2.05, 4.69) is 29.5 Å². The van der Waals surface area contributed by atoms with Gasteiger partial charge in [-0.3, -0.25) is 19.4 Å². The van der Waals surface area contributed by atoms with Crippen molar-refractivity contribution in [3.63, 3.8) is 0 Å². The summed E-state index contributed by atoms with van der Waals surface area (Å²) in [6, 6.07) is 12.3. The molecular weight excluding hydrogens is 398 g/mol. The smallest absolute Gasteiger partial charge is 0.263 e. The van der Waals surface area contributed by atoms with E-state index in [0.29, 0.717) is 23.0 Å². The Bertz CT molecular complexity index is 1030. The quantitative estimate of drug-likeness (QED) is 0.723. The maximum absolute atomic E-state index is 13.0. The lowest BCUT2D eigenvalue weighted by molar-refractivity contribution is -0.123. The first-order valence-electron chi connectivity index (χ1n) is 9.98. The zero-order chi connectivity index (χ0) is 22.1. The van der Waals surface area contributed by atoms with Gasteiger partial charge in [0.25, 0.3) is 11.8 Å². The molecule has 2 aromatic carbocycles. The summed E-state index contributed by atoms with van der Waals surface area (Å²) >= 11 is 0. The number of anilines is 2. The maximum Gasteiger partial charge on any atom is 0.263 e. The molecule has 1 N–H and O–H groups in total. The number of rotatable bonds is 6. The number of amides is 3. The number of imide groups is 1. The lowest BCUT2D eigenvalue weighted by atomic mass is 10.0. The zero-order valence-corrected chi connectivity index (χ0v) is 17.5. The Labute approximate surface area is 179 Å². The van der Waals surface area contributed by atoms with Crippen molar-refractivity contribution < 1.29 is 19.1 Å². The van der Waals surface area contributed by atoms with E-state index in [1.165, 1.54) is 5.01 Å². The van der Waals surface area contributed by atoms with Crippen molar-refractivity contribution in [2.45, 2.75) is 31.8 Å². The molecule has 3 amide bonds. The molecule has 9 heteroatoms. The Hall–Kier alpha value is -3.75. The normalized spacial score (nSPS) is 19.9. The molecule has 9 nitrogen and oxygen atoms in total. The molecule has 0 aliphatic carbocycles. The summed E-state index contributed by atoms with van der Waals surface area (Å²) in [6.45, 7) is 3.94. The van der Waals surface area contributed by atoms with E-state index >= 15 is 0 Å². The standard InChI is InChI=1S/C22H23N5O4/c1-13(2)14-4-8-16(9-5-14)27-21(29)19-20(22(27)30)26(25-24-19)12-18(28)23-15-6-10-17(31-3)11-7-15/h4-11,13,19-20H,12H2,1-3H3,(H,23,28). The molecule has 0 radical (unpaired) electrons. The highest BCUT2D eigenvalue weighted by molar-refractivity contribution is 6.25. The number of hydrogen-bond donors (Lipinski definition) is 1. The van der Waals surface area contributed by atoms with Crippen LogP contribution in [0, 0.1) is 0 Å². The molecule has 160 valence electrons. The average molecular weight is 421 g/mol. The minimum Gasteiger partial charge on any atom is -0.497 e. The van der Waals surface area contributed by atoms with E-state index in [1.807, 2.05) is 12.1 Å². The number of benzene rings is 2. The number of carbonyl (C=O) groups is 3. The highest BCUT2D eigenvalue weighted by Crippen LogP contribution is 2.32. The Morgan fingerprint density at radius 3 is 2.35 bits per heavy atom. The van der Waals surface area contributed by atoms with Crippen LogP contribution in [0.3, 0.4) is 0 Å². The first-order valence-corrected chi connectivity index (χ1v) is 9.98. The maximum atomic E-state index is 13.0. The first kappa shape index (κ1) is 20.5. The van der Waals surface area contributed by atoms with E-state index in [-0.39, 0.29) is 12.5 Å². The molecule has 4 rings (SSSR count). The topological polar surface area (TPSA) is 104 Å². The molecule has 2 atom stereocenters. The van der Waals surface area contributed by atoms with Gasteiger partial charge in [-0.25, -0.2) is 4.90 Å². The number of carbonyl (C=O) groups excluding carboxylic acids is 3. The molecule has 0 bridgehead atoms. The van der Waals surface area contributed by atoms with Gasteiger partial charge in [0, 0.05) is 5.69 Å². The number of hydrogen-bond acceptors (Lipinski definition) is 7. The van der Waals surface area contributed by atoms with Crippen molar-refractivity contribution >= 4 is 29.1 Å². The van der Waals surface area contributed by atoms with Gasteiger partial charge in [0.05, 0.1) is 12.8 Å². The van der Waals surface area contributed by atoms with Crippen LogP contribution in [0.4, 0.5) is 11.4 Å². The second kappa shape index (κ2) is 8.17. The molecule has 2 heterocycles. The minimum absolute atomic E-state index is 0.199. The third kappa shape index (κ3) is 3.86. The van der Waals surface area contributed by atoms with Crippen molar-refractivity contribution in [3.05, 3.63) is 54.1 Å². The third-order valence-electron chi connectivity index (χ3n) is 5.36. The summed E-state index contributed by atoms with van der Waals surface area (Å²) in [5.41, 5.74) is 2.19. The van der Waals surface area contributed by atoms with Crippen LogP contribution in [-0.4, -0.2) is 48.5 Å². The number of nitrogens with one attached hydrogen (secondary N) is 1. The van der Waals surface area contributed by atoms with Gasteiger partial charge in [0.1, 0.15) is 12.3 Å². The minimum atomic E-state index is -0.939. The molecule has 0 spiro atoms. The molecule has 1 fully saturated rings. The van der Waals surface area contributed by atoms with Gasteiger partial charge in [0.2, 0.25) is 5.91 Å². The molecular formula is C22H23N5O4. The molecule has 2 unspecified atom stereocenters. The largest absolute Gasteiger partial charge is 0.497 e. The predicted octanol–water partition coefficient (Wildman–Crippen LogP) is 2.75. The third-order valence-corrected chi connectivity index (χ3v) is 5.36. The highest BCUT2D eigenvalue weighted by atomic mass is 16.5. The van der Waals surface area contributed by atoms with Crippen LogP contribution in [0.25, 0.3) is 0 Å². The van der Waals surface area contributed by atoms with E-state index in [4.69, 9.17) is 4.74 Å². The summed E-state index contributed by atoms with van der Waals surface area (Å²) in [7, 11) is 1.56. The van der Waals surface area contributed by atoms with Crippen molar-refractivity contribution in [1.82, 2.24) is 5.01 Å². The van der Waals surface area contributed by atoms with Crippen LogP contribution in [-0.2, 0) is 14.4 Å². The second-order valence-corrected chi connectivity index (χ2v) is 7.73. The molecule has 1 saturated heterocycles. The lowest BCUT2D eigenvalue weighted by Gasteiger charge is -2.20.